The molecular weight excluding hydrogens is 448 g/mol. The molecule has 1 aliphatic heterocycles. The van der Waals surface area contributed by atoms with Crippen LogP contribution < -0.4 is 0 Å². The van der Waals surface area contributed by atoms with Crippen LogP contribution >= 0.6 is 0 Å². The molecule has 0 bridgehead atoms. The summed E-state index contributed by atoms with van der Waals surface area (Å²) in [5.41, 5.74) is -0.368. The number of hydrogen-bond acceptors (Lipinski definition) is 5. The van der Waals surface area contributed by atoms with Crippen molar-refractivity contribution in [3.63, 3.8) is 0 Å². The van der Waals surface area contributed by atoms with Crippen LogP contribution in [0.1, 0.15) is 60.5 Å². The Labute approximate surface area is 203 Å². The lowest BCUT2D eigenvalue weighted by atomic mass is 9.87. The van der Waals surface area contributed by atoms with Gasteiger partial charge >= 0.3 is 5.97 Å². The maximum absolute atomic E-state index is 13.7. The van der Waals surface area contributed by atoms with Crippen molar-refractivity contribution in [2.45, 2.75) is 121 Å². The van der Waals surface area contributed by atoms with Crippen LogP contribution in [0, 0.1) is 0 Å². The summed E-state index contributed by atoms with van der Waals surface area (Å²) in [4.78, 5) is 13.7. The number of aliphatic hydroxyl groups is 1. The molecule has 1 heterocycles. The lowest BCUT2D eigenvalue weighted by Crippen LogP contribution is -2.65. The molecule has 5 nitrogen and oxygen atoms in total. The van der Waals surface area contributed by atoms with Gasteiger partial charge < -0.3 is 18.7 Å². The van der Waals surface area contributed by atoms with E-state index in [0.717, 1.165) is 41.8 Å². The molecule has 4 atom stereocenters. The number of carbonyl (C=O) groups excluding carboxylic acids is 1. The standard InChI is InChI=1S/C26H46O5Si2/c1-8-23(27)26(31-33(12-5,13-6)14-7)24(30-32(9-2,10-3)11-4)22(29-25(26)28)20-21-18-16-15-17-19-21/h15-19,22-24,27H,8-14,20H2,1-7H3/t22-,23-,24+,26-/m1/s1. The first kappa shape index (κ1) is 28.2. The average Bonchev–Trinajstić information content (AvgIpc) is 3.11. The lowest BCUT2D eigenvalue weighted by Gasteiger charge is -2.46. The van der Waals surface area contributed by atoms with E-state index in [2.05, 4.69) is 53.7 Å². The van der Waals surface area contributed by atoms with E-state index >= 15 is 0 Å². The number of hydrogen-bond donors (Lipinski definition) is 1. The Hall–Kier alpha value is -0.996. The third kappa shape index (κ3) is 5.64. The fourth-order valence-corrected chi connectivity index (χ4v) is 11.1. The summed E-state index contributed by atoms with van der Waals surface area (Å²) in [5, 5.41) is 11.4. The Morgan fingerprint density at radius 2 is 1.42 bits per heavy atom. The van der Waals surface area contributed by atoms with Crippen LogP contribution in [0.4, 0.5) is 0 Å². The SMILES string of the molecule is CC[C@@H](O)[C@]1(O[Si](CC)(CC)CC)C(=O)O[C@H](Cc2ccccc2)[C@@H]1O[Si](CC)(CC)CC. The summed E-state index contributed by atoms with van der Waals surface area (Å²) >= 11 is 0. The highest BCUT2D eigenvalue weighted by Gasteiger charge is 2.66. The van der Waals surface area contributed by atoms with Crippen LogP contribution in [-0.4, -0.2) is 51.6 Å². The molecule has 0 radical (unpaired) electrons. The van der Waals surface area contributed by atoms with Crippen LogP contribution in [0.3, 0.4) is 0 Å². The molecule has 0 spiro atoms. The van der Waals surface area contributed by atoms with Gasteiger partial charge in [-0.25, -0.2) is 4.79 Å². The van der Waals surface area contributed by atoms with Crippen molar-refractivity contribution in [1.29, 1.82) is 0 Å². The Kier molecular flexibility index (Phi) is 10.4. The van der Waals surface area contributed by atoms with Crippen LogP contribution in [0.5, 0.6) is 0 Å². The van der Waals surface area contributed by atoms with Crippen LogP contribution in [0.2, 0.25) is 36.3 Å². The first-order chi connectivity index (χ1) is 15.8. The van der Waals surface area contributed by atoms with Crippen LogP contribution in [0.25, 0.3) is 0 Å². The number of cyclic esters (lactones) is 1. The minimum absolute atomic E-state index is 0.410. The maximum atomic E-state index is 13.7. The monoisotopic (exact) mass is 494 g/mol. The number of benzene rings is 1. The Morgan fingerprint density at radius 1 is 0.909 bits per heavy atom. The fraction of sp³-hybridized carbons (Fsp3) is 0.731. The second kappa shape index (κ2) is 12.1. The predicted molar refractivity (Wildman–Crippen MR) is 139 cm³/mol. The van der Waals surface area contributed by atoms with Gasteiger partial charge in [0.1, 0.15) is 12.2 Å². The molecule has 0 amide bonds. The minimum Gasteiger partial charge on any atom is -0.457 e. The molecule has 1 fully saturated rings. The molecular formula is C26H46O5Si2. The summed E-state index contributed by atoms with van der Waals surface area (Å²) < 4.78 is 20.1. The largest absolute Gasteiger partial charge is 0.457 e. The number of ether oxygens (including phenoxy) is 1. The van der Waals surface area contributed by atoms with Gasteiger partial charge in [-0.1, -0.05) is 78.8 Å². The summed E-state index contributed by atoms with van der Waals surface area (Å²) in [6.07, 6.45) is -1.09. The number of rotatable bonds is 14. The summed E-state index contributed by atoms with van der Waals surface area (Å²) in [6, 6.07) is 15.6. The maximum Gasteiger partial charge on any atom is 0.343 e. The van der Waals surface area contributed by atoms with Crippen molar-refractivity contribution in [3.8, 4) is 0 Å². The van der Waals surface area contributed by atoms with Gasteiger partial charge in [-0.2, -0.15) is 0 Å². The summed E-state index contributed by atoms with van der Waals surface area (Å²) in [6.45, 7) is 14.9. The highest BCUT2D eigenvalue weighted by molar-refractivity contribution is 6.74. The molecule has 1 N–H and O–H groups in total. The number of aliphatic hydroxyl groups excluding tert-OH is 1. The lowest BCUT2D eigenvalue weighted by molar-refractivity contribution is -0.166. The molecule has 33 heavy (non-hydrogen) atoms. The Morgan fingerprint density at radius 3 is 1.88 bits per heavy atom. The molecule has 7 heteroatoms. The topological polar surface area (TPSA) is 65.0 Å². The van der Waals surface area contributed by atoms with Gasteiger partial charge in [0.15, 0.2) is 16.6 Å². The van der Waals surface area contributed by atoms with Gasteiger partial charge in [-0.3, -0.25) is 0 Å². The van der Waals surface area contributed by atoms with Gasteiger partial charge in [0.2, 0.25) is 5.60 Å². The predicted octanol–water partition coefficient (Wildman–Crippen LogP) is 6.08. The van der Waals surface area contributed by atoms with Crippen molar-refractivity contribution in [3.05, 3.63) is 35.9 Å². The van der Waals surface area contributed by atoms with Gasteiger partial charge in [-0.05, 0) is 48.2 Å². The van der Waals surface area contributed by atoms with E-state index in [1.54, 1.807) is 0 Å². The van der Waals surface area contributed by atoms with E-state index in [1.807, 2.05) is 25.1 Å². The first-order valence-electron chi connectivity index (χ1n) is 13.1. The molecule has 0 aromatic heterocycles. The van der Waals surface area contributed by atoms with Gasteiger partial charge in [0.25, 0.3) is 0 Å². The second-order valence-corrected chi connectivity index (χ2v) is 18.9. The smallest absolute Gasteiger partial charge is 0.343 e. The van der Waals surface area contributed by atoms with Crippen molar-refractivity contribution in [2.24, 2.45) is 0 Å². The molecule has 2 rings (SSSR count). The summed E-state index contributed by atoms with van der Waals surface area (Å²) in [5.74, 6) is -0.443. The minimum atomic E-state index is -2.27. The average molecular weight is 495 g/mol. The molecule has 1 aromatic carbocycles. The fourth-order valence-electron chi connectivity index (χ4n) is 5.23. The number of carbonyl (C=O) groups is 1. The first-order valence-corrected chi connectivity index (χ1v) is 18.1. The van der Waals surface area contributed by atoms with Gasteiger partial charge in [-0.15, -0.1) is 0 Å². The Balaban J connectivity index is 2.64. The molecule has 1 saturated heterocycles. The van der Waals surface area contributed by atoms with Crippen molar-refractivity contribution < 1.29 is 23.5 Å². The van der Waals surface area contributed by atoms with E-state index in [9.17, 15) is 9.90 Å². The normalized spacial score (nSPS) is 24.7. The highest BCUT2D eigenvalue weighted by atomic mass is 28.4. The van der Waals surface area contributed by atoms with Crippen molar-refractivity contribution >= 4 is 22.6 Å². The zero-order chi connectivity index (χ0) is 24.7. The third-order valence-electron chi connectivity index (χ3n) is 8.13. The van der Waals surface area contributed by atoms with E-state index < -0.39 is 46.5 Å². The molecule has 0 aliphatic carbocycles. The second-order valence-electron chi connectivity index (χ2n) is 9.48. The van der Waals surface area contributed by atoms with E-state index in [-0.39, 0.29) is 0 Å². The van der Waals surface area contributed by atoms with Gasteiger partial charge in [0.05, 0.1) is 6.10 Å². The van der Waals surface area contributed by atoms with Crippen LogP contribution in [-0.2, 0) is 24.8 Å². The zero-order valence-corrected chi connectivity index (χ0v) is 23.9. The zero-order valence-electron chi connectivity index (χ0n) is 21.9. The molecule has 188 valence electrons. The number of esters is 1. The van der Waals surface area contributed by atoms with E-state index in [4.69, 9.17) is 13.6 Å². The third-order valence-corrected chi connectivity index (χ3v) is 17.4. The summed E-state index contributed by atoms with van der Waals surface area (Å²) in [7, 11) is -4.40. The van der Waals surface area contributed by atoms with Crippen molar-refractivity contribution in [2.75, 3.05) is 0 Å². The highest BCUT2D eigenvalue weighted by Crippen LogP contribution is 2.44. The molecule has 0 saturated carbocycles. The molecule has 1 aliphatic rings. The molecule has 1 aromatic rings. The molecule has 0 unspecified atom stereocenters. The van der Waals surface area contributed by atoms with E-state index in [0.29, 0.717) is 12.8 Å². The quantitative estimate of drug-likeness (QED) is 0.251. The van der Waals surface area contributed by atoms with Crippen molar-refractivity contribution in [1.82, 2.24) is 0 Å². The van der Waals surface area contributed by atoms with E-state index in [1.165, 1.54) is 0 Å². The Bertz CT molecular complexity index is 719. The van der Waals surface area contributed by atoms with Gasteiger partial charge in [0, 0.05) is 6.42 Å². The van der Waals surface area contributed by atoms with Crippen LogP contribution in [0.15, 0.2) is 30.3 Å².